The van der Waals surface area contributed by atoms with Crippen LogP contribution in [-0.2, 0) is 14.1 Å². The molecule has 0 spiro atoms. The molecule has 0 aliphatic rings. The monoisotopic (exact) mass is 304 g/mol. The Bertz CT molecular complexity index is 854. The van der Waals surface area contributed by atoms with Crippen molar-refractivity contribution in [2.45, 2.75) is 26.3 Å². The van der Waals surface area contributed by atoms with Crippen LogP contribution < -0.4 is 16.6 Å². The fourth-order valence-electron chi connectivity index (χ4n) is 2.08. The molecule has 0 aliphatic heterocycles. The minimum Gasteiger partial charge on any atom is -0.360 e. The molecule has 0 fully saturated rings. The highest BCUT2D eigenvalue weighted by Gasteiger charge is 2.21. The number of hydrogen-bond acceptors (Lipinski definition) is 7. The molecular weight excluding hydrogens is 288 g/mol. The molecule has 1 N–H and O–H groups in total. The van der Waals surface area contributed by atoms with Gasteiger partial charge in [-0.2, -0.15) is 10.2 Å². The first-order chi connectivity index (χ1) is 10.4. The highest BCUT2D eigenvalue weighted by molar-refractivity contribution is 5.52. The molecule has 116 valence electrons. The molecule has 0 saturated carbocycles. The lowest BCUT2D eigenvalue weighted by atomic mass is 10.2. The molecule has 0 amide bonds. The second-order valence-electron chi connectivity index (χ2n) is 4.82. The maximum atomic E-state index is 12.0. The third kappa shape index (κ3) is 2.50. The van der Waals surface area contributed by atoms with Gasteiger partial charge in [-0.1, -0.05) is 12.1 Å². The predicted molar refractivity (Wildman–Crippen MR) is 77.3 cm³/mol. The molecule has 2 aromatic heterocycles. The standard InChI is InChI=1S/C13H16N6O3/c1-5-9(10-15-7(2)22-17-10)16-11-8(6-14)12(20)19(4)13(21)18(11)3/h9,16H,5H2,1-4H3. The zero-order chi connectivity index (χ0) is 16.4. The van der Waals surface area contributed by atoms with Crippen molar-refractivity contribution in [1.29, 1.82) is 5.26 Å². The lowest BCUT2D eigenvalue weighted by Crippen LogP contribution is -2.40. The second-order valence-corrected chi connectivity index (χ2v) is 4.82. The first-order valence-electron chi connectivity index (χ1n) is 6.67. The van der Waals surface area contributed by atoms with Crippen molar-refractivity contribution in [3.05, 3.63) is 38.1 Å². The van der Waals surface area contributed by atoms with Gasteiger partial charge in [0.25, 0.3) is 5.56 Å². The van der Waals surface area contributed by atoms with E-state index in [-0.39, 0.29) is 17.4 Å². The normalized spacial score (nSPS) is 12.0. The SMILES string of the molecule is CCC(Nc1c(C#N)c(=O)n(C)c(=O)n1C)c1noc(C)n1. The molecule has 2 rings (SSSR count). The van der Waals surface area contributed by atoms with Gasteiger partial charge >= 0.3 is 5.69 Å². The summed E-state index contributed by atoms with van der Waals surface area (Å²) in [4.78, 5) is 28.2. The van der Waals surface area contributed by atoms with Gasteiger partial charge in [-0.05, 0) is 6.42 Å². The van der Waals surface area contributed by atoms with Crippen LogP contribution >= 0.6 is 0 Å². The van der Waals surface area contributed by atoms with Crippen LogP contribution in [0.5, 0.6) is 0 Å². The Morgan fingerprint density at radius 3 is 2.55 bits per heavy atom. The molecule has 9 heteroatoms. The van der Waals surface area contributed by atoms with Crippen molar-refractivity contribution in [3.8, 4) is 6.07 Å². The van der Waals surface area contributed by atoms with E-state index in [2.05, 4.69) is 15.5 Å². The van der Waals surface area contributed by atoms with Gasteiger partial charge < -0.3 is 9.84 Å². The number of aryl methyl sites for hydroxylation is 1. The van der Waals surface area contributed by atoms with Crippen LogP contribution in [0.1, 0.15) is 36.7 Å². The van der Waals surface area contributed by atoms with E-state index in [9.17, 15) is 14.9 Å². The number of hydrogen-bond donors (Lipinski definition) is 1. The summed E-state index contributed by atoms with van der Waals surface area (Å²) >= 11 is 0. The average Bonchev–Trinajstić information content (AvgIpc) is 2.93. The summed E-state index contributed by atoms with van der Waals surface area (Å²) in [6, 6.07) is 1.45. The molecule has 0 bridgehead atoms. The van der Waals surface area contributed by atoms with Gasteiger partial charge in [0, 0.05) is 21.0 Å². The predicted octanol–water partition coefficient (Wildman–Crippen LogP) is 0.210. The number of anilines is 1. The zero-order valence-electron chi connectivity index (χ0n) is 12.7. The smallest absolute Gasteiger partial charge is 0.332 e. The molecule has 1 atom stereocenters. The number of nitriles is 1. The Balaban J connectivity index is 2.56. The number of nitrogens with zero attached hydrogens (tertiary/aromatic N) is 5. The van der Waals surface area contributed by atoms with Crippen molar-refractivity contribution >= 4 is 5.82 Å². The Kier molecular flexibility index (Phi) is 4.12. The van der Waals surface area contributed by atoms with E-state index in [1.807, 2.05) is 13.0 Å². The summed E-state index contributed by atoms with van der Waals surface area (Å²) < 4.78 is 7.05. The summed E-state index contributed by atoms with van der Waals surface area (Å²) in [5.74, 6) is 0.954. The molecule has 22 heavy (non-hydrogen) atoms. The maximum absolute atomic E-state index is 12.0. The quantitative estimate of drug-likeness (QED) is 0.857. The summed E-state index contributed by atoms with van der Waals surface area (Å²) in [7, 11) is 2.81. The Hall–Kier alpha value is -2.89. The van der Waals surface area contributed by atoms with Gasteiger partial charge in [0.1, 0.15) is 11.9 Å². The Morgan fingerprint density at radius 2 is 2.05 bits per heavy atom. The lowest BCUT2D eigenvalue weighted by Gasteiger charge is -2.18. The molecule has 0 aromatic carbocycles. The molecular formula is C13H16N6O3. The molecule has 1 unspecified atom stereocenters. The van der Waals surface area contributed by atoms with Crippen LogP contribution in [0.4, 0.5) is 5.82 Å². The van der Waals surface area contributed by atoms with Crippen molar-refractivity contribution in [3.63, 3.8) is 0 Å². The molecule has 9 nitrogen and oxygen atoms in total. The van der Waals surface area contributed by atoms with Crippen molar-refractivity contribution in [1.82, 2.24) is 19.3 Å². The Morgan fingerprint density at radius 1 is 1.36 bits per heavy atom. The van der Waals surface area contributed by atoms with Crippen LogP contribution in [0.3, 0.4) is 0 Å². The topological polar surface area (TPSA) is 119 Å². The fourth-order valence-corrected chi connectivity index (χ4v) is 2.08. The third-order valence-corrected chi connectivity index (χ3v) is 3.35. The maximum Gasteiger partial charge on any atom is 0.332 e. The van der Waals surface area contributed by atoms with Crippen molar-refractivity contribution in [2.75, 3.05) is 5.32 Å². The van der Waals surface area contributed by atoms with Crippen LogP contribution in [-0.4, -0.2) is 19.3 Å². The van der Waals surface area contributed by atoms with E-state index in [0.717, 1.165) is 4.57 Å². The molecule has 2 aromatic rings. The fraction of sp³-hybridized carbons (Fsp3) is 0.462. The van der Waals surface area contributed by atoms with Gasteiger partial charge in [-0.15, -0.1) is 0 Å². The highest BCUT2D eigenvalue weighted by Crippen LogP contribution is 2.20. The van der Waals surface area contributed by atoms with Crippen LogP contribution in [0.15, 0.2) is 14.1 Å². The average molecular weight is 304 g/mol. The van der Waals surface area contributed by atoms with E-state index in [0.29, 0.717) is 18.1 Å². The lowest BCUT2D eigenvalue weighted by molar-refractivity contribution is 0.384. The number of rotatable bonds is 4. The molecule has 2 heterocycles. The minimum atomic E-state index is -0.646. The van der Waals surface area contributed by atoms with Gasteiger partial charge in [-0.3, -0.25) is 13.9 Å². The molecule has 0 radical (unpaired) electrons. The van der Waals surface area contributed by atoms with Crippen molar-refractivity contribution in [2.24, 2.45) is 14.1 Å². The zero-order valence-corrected chi connectivity index (χ0v) is 12.7. The third-order valence-electron chi connectivity index (χ3n) is 3.35. The summed E-state index contributed by atoms with van der Waals surface area (Å²) in [5.41, 5.74) is -1.30. The minimum absolute atomic E-state index is 0.136. The summed E-state index contributed by atoms with van der Waals surface area (Å²) in [6.07, 6.45) is 0.577. The van der Waals surface area contributed by atoms with E-state index >= 15 is 0 Å². The first kappa shape index (κ1) is 15.5. The van der Waals surface area contributed by atoms with E-state index in [1.54, 1.807) is 6.92 Å². The highest BCUT2D eigenvalue weighted by atomic mass is 16.5. The molecule has 0 aliphatic carbocycles. The van der Waals surface area contributed by atoms with Gasteiger partial charge in [0.2, 0.25) is 5.89 Å². The summed E-state index contributed by atoms with van der Waals surface area (Å²) in [6.45, 7) is 3.55. The second kappa shape index (κ2) is 5.85. The summed E-state index contributed by atoms with van der Waals surface area (Å²) in [5, 5.41) is 16.1. The number of nitrogens with one attached hydrogen (secondary N) is 1. The molecule has 0 saturated heterocycles. The largest absolute Gasteiger partial charge is 0.360 e. The van der Waals surface area contributed by atoms with Gasteiger partial charge in [0.15, 0.2) is 11.4 Å². The van der Waals surface area contributed by atoms with Gasteiger partial charge in [-0.25, -0.2) is 4.79 Å². The van der Waals surface area contributed by atoms with Crippen molar-refractivity contribution < 1.29 is 4.52 Å². The van der Waals surface area contributed by atoms with E-state index < -0.39 is 11.2 Å². The van der Waals surface area contributed by atoms with Crippen LogP contribution in [0.25, 0.3) is 0 Å². The van der Waals surface area contributed by atoms with E-state index in [4.69, 9.17) is 4.52 Å². The number of aromatic nitrogens is 4. The van der Waals surface area contributed by atoms with Crippen LogP contribution in [0.2, 0.25) is 0 Å². The van der Waals surface area contributed by atoms with Gasteiger partial charge in [0.05, 0.1) is 6.04 Å². The van der Waals surface area contributed by atoms with E-state index in [1.165, 1.54) is 18.7 Å². The van der Waals surface area contributed by atoms with Crippen LogP contribution in [0, 0.1) is 18.3 Å². The Labute approximate surface area is 125 Å². The first-order valence-corrected chi connectivity index (χ1v) is 6.67.